The van der Waals surface area contributed by atoms with Crippen molar-refractivity contribution in [3.8, 4) is 0 Å². The zero-order chi connectivity index (χ0) is 17.1. The second-order valence-electron chi connectivity index (χ2n) is 5.84. The first-order valence-corrected chi connectivity index (χ1v) is 8.08. The number of para-hydroxylation sites is 1. The Kier molecular flexibility index (Phi) is 4.47. The van der Waals surface area contributed by atoms with Crippen LogP contribution in [0.4, 0.5) is 5.69 Å². The van der Waals surface area contributed by atoms with Gasteiger partial charge in [0, 0.05) is 28.4 Å². The number of amides is 1. The Morgan fingerprint density at radius 1 is 1.17 bits per heavy atom. The van der Waals surface area contributed by atoms with Crippen LogP contribution in [-0.4, -0.2) is 16.8 Å². The van der Waals surface area contributed by atoms with Crippen LogP contribution in [0.1, 0.15) is 35.8 Å². The number of nitrogens with one attached hydrogen (secondary N) is 1. The van der Waals surface area contributed by atoms with Gasteiger partial charge in [-0.2, -0.15) is 0 Å². The molecular weight excluding hydrogens is 300 g/mol. The van der Waals surface area contributed by atoms with Crippen LogP contribution in [0.5, 0.6) is 0 Å². The van der Waals surface area contributed by atoms with Crippen molar-refractivity contribution in [1.29, 1.82) is 0 Å². The fraction of sp³-hybridized carbons (Fsp3) is 0.200. The minimum absolute atomic E-state index is 0.113. The van der Waals surface area contributed by atoms with Crippen LogP contribution in [0.3, 0.4) is 0 Å². The number of benzene rings is 2. The molecule has 0 aliphatic carbocycles. The summed E-state index contributed by atoms with van der Waals surface area (Å²) in [6.45, 7) is 3.92. The highest BCUT2D eigenvalue weighted by molar-refractivity contribution is 6.00. The van der Waals surface area contributed by atoms with Crippen molar-refractivity contribution in [3.05, 3.63) is 65.9 Å². The Hall–Kier alpha value is -2.88. The number of carbonyl (C=O) groups excluding carboxylic acids is 2. The lowest BCUT2D eigenvalue weighted by molar-refractivity contribution is -0.118. The number of nitrogens with zero attached hydrogens (tertiary/aromatic N) is 1. The van der Waals surface area contributed by atoms with E-state index >= 15 is 0 Å². The van der Waals surface area contributed by atoms with Gasteiger partial charge in [0.15, 0.2) is 6.29 Å². The van der Waals surface area contributed by atoms with Crippen molar-refractivity contribution >= 4 is 28.8 Å². The molecule has 122 valence electrons. The van der Waals surface area contributed by atoms with E-state index in [1.165, 1.54) is 5.56 Å². The van der Waals surface area contributed by atoms with Crippen molar-refractivity contribution in [2.24, 2.45) is 0 Å². The van der Waals surface area contributed by atoms with Crippen molar-refractivity contribution in [2.75, 3.05) is 5.32 Å². The molecule has 0 saturated heterocycles. The molecule has 1 N–H and O–H groups in total. The summed E-state index contributed by atoms with van der Waals surface area (Å²) in [5.74, 6) is -0.113. The van der Waals surface area contributed by atoms with Gasteiger partial charge in [0.1, 0.15) is 6.04 Å². The molecule has 0 saturated carbocycles. The fourth-order valence-electron chi connectivity index (χ4n) is 2.84. The minimum atomic E-state index is -0.422. The molecule has 0 bridgehead atoms. The smallest absolute Gasteiger partial charge is 0.247 e. The van der Waals surface area contributed by atoms with E-state index in [0.717, 1.165) is 29.3 Å². The van der Waals surface area contributed by atoms with E-state index in [0.29, 0.717) is 5.56 Å². The molecule has 1 atom stereocenters. The summed E-state index contributed by atoms with van der Waals surface area (Å²) < 4.78 is 1.84. The highest BCUT2D eigenvalue weighted by Gasteiger charge is 2.18. The summed E-state index contributed by atoms with van der Waals surface area (Å²) in [7, 11) is 0. The third kappa shape index (κ3) is 2.95. The number of aromatic nitrogens is 1. The molecule has 1 amide bonds. The Balaban J connectivity index is 1.86. The third-order valence-corrected chi connectivity index (χ3v) is 4.32. The highest BCUT2D eigenvalue weighted by Crippen LogP contribution is 2.24. The van der Waals surface area contributed by atoms with Crippen molar-refractivity contribution < 1.29 is 9.59 Å². The highest BCUT2D eigenvalue weighted by atomic mass is 16.2. The van der Waals surface area contributed by atoms with Gasteiger partial charge in [0.05, 0.1) is 0 Å². The van der Waals surface area contributed by atoms with Crippen LogP contribution < -0.4 is 5.32 Å². The number of hydrogen-bond donors (Lipinski definition) is 1. The molecular formula is C20H20N2O2. The van der Waals surface area contributed by atoms with Gasteiger partial charge >= 0.3 is 0 Å². The number of rotatable bonds is 5. The molecule has 0 aliphatic rings. The zero-order valence-corrected chi connectivity index (χ0v) is 13.8. The van der Waals surface area contributed by atoms with Gasteiger partial charge in [0.25, 0.3) is 0 Å². The Bertz CT molecular complexity index is 878. The molecule has 4 nitrogen and oxygen atoms in total. The van der Waals surface area contributed by atoms with Crippen LogP contribution in [0.2, 0.25) is 0 Å². The maximum Gasteiger partial charge on any atom is 0.247 e. The van der Waals surface area contributed by atoms with E-state index < -0.39 is 6.04 Å². The van der Waals surface area contributed by atoms with Gasteiger partial charge in [-0.1, -0.05) is 37.3 Å². The summed E-state index contributed by atoms with van der Waals surface area (Å²) >= 11 is 0. The van der Waals surface area contributed by atoms with Crippen molar-refractivity contribution in [3.63, 3.8) is 0 Å². The minimum Gasteiger partial charge on any atom is -0.335 e. The molecule has 24 heavy (non-hydrogen) atoms. The van der Waals surface area contributed by atoms with E-state index in [-0.39, 0.29) is 5.91 Å². The quantitative estimate of drug-likeness (QED) is 0.716. The molecule has 4 heteroatoms. The Morgan fingerprint density at radius 3 is 2.54 bits per heavy atom. The summed E-state index contributed by atoms with van der Waals surface area (Å²) in [5.41, 5.74) is 3.48. The molecule has 0 aliphatic heterocycles. The fourth-order valence-corrected chi connectivity index (χ4v) is 2.84. The normalized spacial score (nSPS) is 12.1. The lowest BCUT2D eigenvalue weighted by atomic mass is 10.1. The van der Waals surface area contributed by atoms with Gasteiger partial charge in [-0.3, -0.25) is 9.59 Å². The van der Waals surface area contributed by atoms with E-state index in [1.807, 2.05) is 60.0 Å². The lowest BCUT2D eigenvalue weighted by Gasteiger charge is -2.15. The van der Waals surface area contributed by atoms with Crippen LogP contribution in [0, 0.1) is 0 Å². The Morgan fingerprint density at radius 2 is 1.88 bits per heavy atom. The van der Waals surface area contributed by atoms with E-state index in [2.05, 4.69) is 12.2 Å². The standard InChI is InChI=1S/C20H20N2O2/c1-3-15-8-10-17(11-9-15)21-20(24)14(2)22-12-16(13-23)18-6-4-5-7-19(18)22/h4-14H,3H2,1-2H3,(H,21,24). The summed E-state index contributed by atoms with van der Waals surface area (Å²) in [6.07, 6.45) is 3.53. The monoisotopic (exact) mass is 320 g/mol. The number of anilines is 1. The summed E-state index contributed by atoms with van der Waals surface area (Å²) in [5, 5.41) is 3.80. The van der Waals surface area contributed by atoms with Gasteiger partial charge in [-0.25, -0.2) is 0 Å². The van der Waals surface area contributed by atoms with Gasteiger partial charge in [0.2, 0.25) is 5.91 Å². The van der Waals surface area contributed by atoms with Gasteiger partial charge in [-0.15, -0.1) is 0 Å². The SMILES string of the molecule is CCc1ccc(NC(=O)C(C)n2cc(C=O)c3ccccc32)cc1. The molecule has 1 unspecified atom stereocenters. The number of hydrogen-bond acceptors (Lipinski definition) is 2. The van der Waals surface area contributed by atoms with Gasteiger partial charge < -0.3 is 9.88 Å². The van der Waals surface area contributed by atoms with E-state index in [4.69, 9.17) is 0 Å². The van der Waals surface area contributed by atoms with Gasteiger partial charge in [-0.05, 0) is 37.1 Å². The Labute approximate surface area is 141 Å². The van der Waals surface area contributed by atoms with E-state index in [1.54, 1.807) is 6.20 Å². The molecule has 0 radical (unpaired) electrons. The first-order chi connectivity index (χ1) is 11.6. The predicted octanol–water partition coefficient (Wildman–Crippen LogP) is 4.22. The third-order valence-electron chi connectivity index (χ3n) is 4.32. The van der Waals surface area contributed by atoms with Crippen LogP contribution in [0.25, 0.3) is 10.9 Å². The largest absolute Gasteiger partial charge is 0.335 e. The topological polar surface area (TPSA) is 51.1 Å². The molecule has 2 aromatic carbocycles. The first kappa shape index (κ1) is 16.0. The molecule has 0 fully saturated rings. The molecule has 0 spiro atoms. The maximum atomic E-state index is 12.6. The van der Waals surface area contributed by atoms with Crippen LogP contribution >= 0.6 is 0 Å². The lowest BCUT2D eigenvalue weighted by Crippen LogP contribution is -2.23. The molecule has 3 aromatic rings. The molecule has 1 heterocycles. The first-order valence-electron chi connectivity index (χ1n) is 8.08. The van der Waals surface area contributed by atoms with E-state index in [9.17, 15) is 9.59 Å². The maximum absolute atomic E-state index is 12.6. The second kappa shape index (κ2) is 6.71. The number of carbonyl (C=O) groups is 2. The predicted molar refractivity (Wildman–Crippen MR) is 96.5 cm³/mol. The average Bonchev–Trinajstić information content (AvgIpc) is 3.00. The summed E-state index contributed by atoms with van der Waals surface area (Å²) in [4.78, 5) is 23.9. The van der Waals surface area contributed by atoms with Crippen LogP contribution in [0.15, 0.2) is 54.7 Å². The average molecular weight is 320 g/mol. The summed E-state index contributed by atoms with van der Waals surface area (Å²) in [6, 6.07) is 15.0. The number of aldehydes is 1. The second-order valence-corrected chi connectivity index (χ2v) is 5.84. The molecule has 3 rings (SSSR count). The number of fused-ring (bicyclic) bond motifs is 1. The van der Waals surface area contributed by atoms with Crippen LogP contribution in [-0.2, 0) is 11.2 Å². The number of aryl methyl sites for hydroxylation is 1. The van der Waals surface area contributed by atoms with Crippen molar-refractivity contribution in [2.45, 2.75) is 26.3 Å². The zero-order valence-electron chi connectivity index (χ0n) is 13.8. The molecule has 1 aromatic heterocycles. The van der Waals surface area contributed by atoms with Crippen molar-refractivity contribution in [1.82, 2.24) is 4.57 Å².